The summed E-state index contributed by atoms with van der Waals surface area (Å²) >= 11 is 0. The van der Waals surface area contributed by atoms with Gasteiger partial charge in [-0.05, 0) is 68.1 Å². The molecule has 3 aromatic rings. The molecule has 3 N–H and O–H groups in total. The van der Waals surface area contributed by atoms with Crippen LogP contribution in [0.15, 0.2) is 62.8 Å². The fourth-order valence-electron chi connectivity index (χ4n) is 4.34. The monoisotopic (exact) mass is 550 g/mol. The quantitative estimate of drug-likeness (QED) is 0.175. The molecule has 11 nitrogen and oxygen atoms in total. The van der Waals surface area contributed by atoms with Crippen LogP contribution in [-0.4, -0.2) is 56.5 Å². The van der Waals surface area contributed by atoms with Gasteiger partial charge in [-0.15, -0.1) is 0 Å². The van der Waals surface area contributed by atoms with Gasteiger partial charge in [-0.25, -0.2) is 13.4 Å². The summed E-state index contributed by atoms with van der Waals surface area (Å²) in [5, 5.41) is 18.5. The molecule has 2 aromatic carbocycles. The van der Waals surface area contributed by atoms with Crippen LogP contribution >= 0.6 is 0 Å². The molecule has 0 bridgehead atoms. The minimum absolute atomic E-state index is 0.128. The number of carbonyl (C=O) groups excluding carboxylic acids is 2. The van der Waals surface area contributed by atoms with Crippen LogP contribution in [0.3, 0.4) is 0 Å². The van der Waals surface area contributed by atoms with Crippen LogP contribution in [0.2, 0.25) is 0 Å². The molecule has 4 rings (SSSR count). The molecule has 0 spiro atoms. The highest BCUT2D eigenvalue weighted by Crippen LogP contribution is 2.23. The number of rotatable bonds is 7. The van der Waals surface area contributed by atoms with E-state index in [1.165, 1.54) is 17.0 Å². The van der Waals surface area contributed by atoms with E-state index in [0.29, 0.717) is 18.7 Å². The molecule has 1 aliphatic rings. The fraction of sp³-hybridized carbons (Fsp3) is 0.333. The van der Waals surface area contributed by atoms with Crippen LogP contribution < -0.4 is 16.0 Å². The second kappa shape index (κ2) is 12.0. The average Bonchev–Trinajstić information content (AvgIpc) is 3.18. The third kappa shape index (κ3) is 7.36. The standard InChI is InChI=1S/C27H30N6O5S/c1-18-13-20-14-21(8-11-24(20)38-18)31-27(30-17-28)32-23-5-3-4-12-33(26(23)35)16-25(34)29-15-19-6-9-22(10-7-19)39(2,36)37/h6-11,13-14,23H,3-5,12,15-16H2,1-2H3,(H,29,34)(H2,30,31,32). The summed E-state index contributed by atoms with van der Waals surface area (Å²) in [5.74, 6) is 0.293. The number of nitriles is 1. The molecule has 0 saturated carbocycles. The van der Waals surface area contributed by atoms with E-state index in [4.69, 9.17) is 4.42 Å². The van der Waals surface area contributed by atoms with Gasteiger partial charge in [0.05, 0.1) is 11.4 Å². The first-order chi connectivity index (χ1) is 18.6. The summed E-state index contributed by atoms with van der Waals surface area (Å²) in [7, 11) is -3.30. The molecule has 0 radical (unpaired) electrons. The zero-order valence-corrected chi connectivity index (χ0v) is 22.5. The maximum absolute atomic E-state index is 13.3. The lowest BCUT2D eigenvalue weighted by Gasteiger charge is -2.22. The second-order valence-electron chi connectivity index (χ2n) is 9.41. The van der Waals surface area contributed by atoms with E-state index in [0.717, 1.165) is 41.4 Å². The highest BCUT2D eigenvalue weighted by Gasteiger charge is 2.28. The minimum Gasteiger partial charge on any atom is -0.461 e. The Bertz CT molecular complexity index is 1540. The molecule has 1 unspecified atom stereocenters. The molecule has 2 amide bonds. The Kier molecular flexibility index (Phi) is 8.51. The van der Waals surface area contributed by atoms with Crippen molar-refractivity contribution in [3.8, 4) is 6.19 Å². The van der Waals surface area contributed by atoms with Gasteiger partial charge in [-0.2, -0.15) is 5.26 Å². The number of sulfone groups is 1. The number of likely N-dealkylation sites (tertiary alicyclic amines) is 1. The Hall–Kier alpha value is -4.37. The van der Waals surface area contributed by atoms with Crippen molar-refractivity contribution in [1.29, 1.82) is 5.26 Å². The second-order valence-corrected chi connectivity index (χ2v) is 11.4. The summed E-state index contributed by atoms with van der Waals surface area (Å²) in [6.45, 7) is 2.36. The number of hydrogen-bond donors (Lipinski definition) is 3. The van der Waals surface area contributed by atoms with Crippen LogP contribution in [0.5, 0.6) is 0 Å². The molecular formula is C27H30N6O5S. The number of aliphatic imine (C=N–C) groups is 1. The number of furan rings is 1. The van der Waals surface area contributed by atoms with Crippen LogP contribution in [0.1, 0.15) is 30.6 Å². The SMILES string of the molecule is Cc1cc2cc(NC(=NC3CCCCN(CC(=O)NCc4ccc(S(C)(=O)=O)cc4)C3=O)NC#N)ccc2o1. The van der Waals surface area contributed by atoms with E-state index in [1.807, 2.05) is 31.3 Å². The predicted octanol–water partition coefficient (Wildman–Crippen LogP) is 2.68. The fourth-order valence-corrected chi connectivity index (χ4v) is 4.97. The number of benzene rings is 2. The summed E-state index contributed by atoms with van der Waals surface area (Å²) < 4.78 is 28.8. The lowest BCUT2D eigenvalue weighted by molar-refractivity contribution is -0.136. The first-order valence-electron chi connectivity index (χ1n) is 12.5. The van der Waals surface area contributed by atoms with Gasteiger partial charge < -0.3 is 20.0 Å². The third-order valence-electron chi connectivity index (χ3n) is 6.29. The molecule has 0 aliphatic carbocycles. The van der Waals surface area contributed by atoms with Gasteiger partial charge >= 0.3 is 0 Å². The molecule has 1 saturated heterocycles. The summed E-state index contributed by atoms with van der Waals surface area (Å²) in [5.41, 5.74) is 2.15. The zero-order valence-electron chi connectivity index (χ0n) is 21.7. The Morgan fingerprint density at radius 2 is 1.95 bits per heavy atom. The van der Waals surface area contributed by atoms with Gasteiger partial charge in [0.25, 0.3) is 0 Å². The van der Waals surface area contributed by atoms with Gasteiger partial charge in [0.2, 0.25) is 17.8 Å². The van der Waals surface area contributed by atoms with E-state index in [2.05, 4.69) is 20.9 Å². The van der Waals surface area contributed by atoms with E-state index in [-0.39, 0.29) is 35.8 Å². The van der Waals surface area contributed by atoms with Crippen molar-refractivity contribution in [2.75, 3.05) is 24.7 Å². The van der Waals surface area contributed by atoms with Gasteiger partial charge in [-0.3, -0.25) is 14.9 Å². The number of fused-ring (bicyclic) bond motifs is 1. The van der Waals surface area contributed by atoms with Crippen molar-refractivity contribution in [3.63, 3.8) is 0 Å². The number of nitrogens with one attached hydrogen (secondary N) is 3. The normalized spacial score (nSPS) is 16.4. The molecule has 1 aliphatic heterocycles. The molecule has 2 heterocycles. The van der Waals surface area contributed by atoms with Gasteiger partial charge in [0.15, 0.2) is 16.0 Å². The number of carbonyl (C=O) groups is 2. The minimum atomic E-state index is -3.30. The smallest absolute Gasteiger partial charge is 0.247 e. The van der Waals surface area contributed by atoms with Gasteiger partial charge in [0.1, 0.15) is 17.4 Å². The summed E-state index contributed by atoms with van der Waals surface area (Å²) in [4.78, 5) is 32.1. The molecule has 1 fully saturated rings. The predicted molar refractivity (Wildman–Crippen MR) is 146 cm³/mol. The first-order valence-corrected chi connectivity index (χ1v) is 14.4. The molecule has 12 heteroatoms. The number of guanidine groups is 1. The third-order valence-corrected chi connectivity index (χ3v) is 7.42. The highest BCUT2D eigenvalue weighted by atomic mass is 32.2. The van der Waals surface area contributed by atoms with Crippen LogP contribution in [0, 0.1) is 18.4 Å². The van der Waals surface area contributed by atoms with E-state index in [1.54, 1.807) is 18.2 Å². The molecule has 39 heavy (non-hydrogen) atoms. The van der Waals surface area contributed by atoms with Crippen molar-refractivity contribution in [2.45, 2.75) is 43.7 Å². The Labute approximate surface area is 226 Å². The van der Waals surface area contributed by atoms with E-state index in [9.17, 15) is 23.3 Å². The Balaban J connectivity index is 1.40. The Morgan fingerprint density at radius 3 is 2.67 bits per heavy atom. The lowest BCUT2D eigenvalue weighted by Crippen LogP contribution is -2.44. The molecule has 1 atom stereocenters. The van der Waals surface area contributed by atoms with Crippen molar-refractivity contribution < 1.29 is 22.4 Å². The largest absolute Gasteiger partial charge is 0.461 e. The van der Waals surface area contributed by atoms with Crippen molar-refractivity contribution >= 4 is 44.3 Å². The van der Waals surface area contributed by atoms with Crippen molar-refractivity contribution in [3.05, 3.63) is 59.9 Å². The number of aryl methyl sites for hydroxylation is 1. The molecular weight excluding hydrogens is 520 g/mol. The summed E-state index contributed by atoms with van der Waals surface area (Å²) in [6, 6.07) is 12.9. The Morgan fingerprint density at radius 1 is 1.18 bits per heavy atom. The van der Waals surface area contributed by atoms with Gasteiger partial charge in [0, 0.05) is 30.4 Å². The maximum Gasteiger partial charge on any atom is 0.247 e. The molecule has 1 aromatic heterocycles. The number of amides is 2. The van der Waals surface area contributed by atoms with E-state index >= 15 is 0 Å². The van der Waals surface area contributed by atoms with Crippen LogP contribution in [0.25, 0.3) is 11.0 Å². The maximum atomic E-state index is 13.3. The number of anilines is 1. The number of hydrogen-bond acceptors (Lipinski definition) is 7. The number of nitrogens with zero attached hydrogens (tertiary/aromatic N) is 3. The lowest BCUT2D eigenvalue weighted by atomic mass is 10.1. The van der Waals surface area contributed by atoms with E-state index < -0.39 is 15.9 Å². The van der Waals surface area contributed by atoms with Crippen molar-refractivity contribution in [2.24, 2.45) is 4.99 Å². The van der Waals surface area contributed by atoms with Crippen molar-refractivity contribution in [1.82, 2.24) is 15.5 Å². The first kappa shape index (κ1) is 27.7. The molecule has 204 valence electrons. The van der Waals surface area contributed by atoms with Crippen LogP contribution in [-0.2, 0) is 26.0 Å². The topological polar surface area (TPSA) is 157 Å². The average molecular weight is 551 g/mol. The van der Waals surface area contributed by atoms with Gasteiger partial charge in [-0.1, -0.05) is 12.1 Å². The highest BCUT2D eigenvalue weighted by molar-refractivity contribution is 7.90. The zero-order chi connectivity index (χ0) is 28.0. The van der Waals surface area contributed by atoms with Crippen LogP contribution in [0.4, 0.5) is 5.69 Å². The summed E-state index contributed by atoms with van der Waals surface area (Å²) in [6.07, 6.45) is 4.94.